The van der Waals surface area contributed by atoms with Crippen LogP contribution in [0, 0.1) is 15.9 Å². The van der Waals surface area contributed by atoms with E-state index in [1.165, 1.54) is 72.4 Å². The molecule has 3 aromatic rings. The van der Waals surface area contributed by atoms with Crippen LogP contribution in [0.25, 0.3) is 0 Å². The molecule has 0 atom stereocenters. The lowest BCUT2D eigenvalue weighted by atomic mass is 10.0. The van der Waals surface area contributed by atoms with Gasteiger partial charge in [-0.2, -0.15) is 0 Å². The number of hydrogen-bond donors (Lipinski definition) is 0. The highest BCUT2D eigenvalue weighted by Crippen LogP contribution is 2.22. The summed E-state index contributed by atoms with van der Waals surface area (Å²) in [5, 5.41) is 10.6. The molecule has 0 aliphatic rings. The number of ether oxygens (including phenoxy) is 1. The van der Waals surface area contributed by atoms with E-state index in [0.29, 0.717) is 16.0 Å². The molecule has 0 N–H and O–H groups in total. The Kier molecular flexibility index (Phi) is 6.36. The number of benzene rings is 3. The first kappa shape index (κ1) is 20.2. The number of nitro benzene ring substituents is 1. The third-order valence-electron chi connectivity index (χ3n) is 3.86. The molecule has 8 heteroatoms. The molecule has 3 rings (SSSR count). The number of carbonyl (C=O) groups excluding carboxylic acids is 2. The predicted octanol–water partition coefficient (Wildman–Crippen LogP) is 4.66. The molecule has 0 aromatic heterocycles. The molecule has 0 bridgehead atoms. The molecule has 0 radical (unpaired) electrons. The first-order valence-electron chi connectivity index (χ1n) is 8.40. The van der Waals surface area contributed by atoms with Crippen LogP contribution in [0.1, 0.15) is 15.9 Å². The van der Waals surface area contributed by atoms with E-state index in [2.05, 4.69) is 0 Å². The van der Waals surface area contributed by atoms with Crippen molar-refractivity contribution >= 4 is 29.2 Å². The van der Waals surface area contributed by atoms with Gasteiger partial charge in [0.05, 0.1) is 10.7 Å². The van der Waals surface area contributed by atoms with Crippen molar-refractivity contribution in [3.05, 3.63) is 99.9 Å². The molecule has 0 unspecified atom stereocenters. The molecule has 3 aromatic carbocycles. The van der Waals surface area contributed by atoms with E-state index < -0.39 is 16.7 Å². The van der Waals surface area contributed by atoms with Gasteiger partial charge in [0.2, 0.25) is 0 Å². The highest BCUT2D eigenvalue weighted by molar-refractivity contribution is 8.00. The number of non-ortho nitro benzene ring substituents is 1. The van der Waals surface area contributed by atoms with Gasteiger partial charge in [-0.15, -0.1) is 11.8 Å². The molecule has 0 saturated heterocycles. The van der Waals surface area contributed by atoms with Crippen molar-refractivity contribution in [2.45, 2.75) is 4.90 Å². The Balaban J connectivity index is 1.54. The fourth-order valence-electron chi connectivity index (χ4n) is 2.41. The maximum absolute atomic E-state index is 13.0. The minimum Gasteiger partial charge on any atom is -0.426 e. The Morgan fingerprint density at radius 1 is 0.897 bits per heavy atom. The van der Waals surface area contributed by atoms with Crippen molar-refractivity contribution in [1.82, 2.24) is 0 Å². The van der Waals surface area contributed by atoms with Crippen LogP contribution in [0.15, 0.2) is 77.7 Å². The van der Waals surface area contributed by atoms with Gasteiger partial charge < -0.3 is 4.74 Å². The van der Waals surface area contributed by atoms with E-state index in [1.54, 1.807) is 12.1 Å². The van der Waals surface area contributed by atoms with Crippen molar-refractivity contribution in [1.29, 1.82) is 0 Å². The number of nitrogens with zero attached hydrogens (tertiary/aromatic N) is 1. The molecular weight excluding hydrogens is 397 g/mol. The average molecular weight is 411 g/mol. The van der Waals surface area contributed by atoms with Gasteiger partial charge in [-0.05, 0) is 60.7 Å². The summed E-state index contributed by atoms with van der Waals surface area (Å²) in [6, 6.07) is 17.2. The minimum atomic E-state index is -0.494. The number of esters is 1. The van der Waals surface area contributed by atoms with Crippen LogP contribution in [0.4, 0.5) is 10.1 Å². The third kappa shape index (κ3) is 5.49. The maximum atomic E-state index is 13.0. The summed E-state index contributed by atoms with van der Waals surface area (Å²) >= 11 is 1.19. The van der Waals surface area contributed by atoms with Crippen LogP contribution in [0.2, 0.25) is 0 Å². The van der Waals surface area contributed by atoms with Crippen LogP contribution in [-0.2, 0) is 4.79 Å². The molecule has 0 heterocycles. The molecule has 0 saturated carbocycles. The normalized spacial score (nSPS) is 10.4. The minimum absolute atomic E-state index is 0.0211. The number of hydrogen-bond acceptors (Lipinski definition) is 6. The van der Waals surface area contributed by atoms with E-state index in [1.807, 2.05) is 0 Å². The molecule has 146 valence electrons. The van der Waals surface area contributed by atoms with Gasteiger partial charge >= 0.3 is 5.97 Å². The third-order valence-corrected chi connectivity index (χ3v) is 4.84. The number of rotatable bonds is 7. The molecule has 0 aliphatic carbocycles. The Morgan fingerprint density at radius 2 is 1.45 bits per heavy atom. The summed E-state index contributed by atoms with van der Waals surface area (Å²) < 4.78 is 18.2. The molecule has 0 spiro atoms. The van der Waals surface area contributed by atoms with Gasteiger partial charge in [0, 0.05) is 28.2 Å². The lowest BCUT2D eigenvalue weighted by Crippen LogP contribution is -2.10. The SMILES string of the molecule is O=C(CSc1ccc([N+](=O)[O-])cc1)Oc1ccc(C(=O)c2ccc(F)cc2)cc1. The van der Waals surface area contributed by atoms with Gasteiger partial charge in [-0.25, -0.2) is 4.39 Å². The number of halogens is 1. The number of nitro groups is 1. The second kappa shape index (κ2) is 9.11. The summed E-state index contributed by atoms with van der Waals surface area (Å²) in [5.41, 5.74) is 0.722. The summed E-state index contributed by atoms with van der Waals surface area (Å²) in [4.78, 5) is 35.2. The Labute approximate surface area is 169 Å². The molecule has 0 aliphatic heterocycles. The Hall–Kier alpha value is -3.52. The van der Waals surface area contributed by atoms with Crippen LogP contribution in [-0.4, -0.2) is 22.4 Å². The van der Waals surface area contributed by atoms with Gasteiger partial charge in [0.1, 0.15) is 11.6 Å². The second-order valence-electron chi connectivity index (χ2n) is 5.87. The van der Waals surface area contributed by atoms with Gasteiger partial charge in [0.25, 0.3) is 5.69 Å². The van der Waals surface area contributed by atoms with Crippen LogP contribution in [0.5, 0.6) is 5.75 Å². The van der Waals surface area contributed by atoms with Crippen LogP contribution in [0.3, 0.4) is 0 Å². The zero-order chi connectivity index (χ0) is 20.8. The number of ketones is 1. The quantitative estimate of drug-likeness (QED) is 0.140. The molecule has 0 fully saturated rings. The van der Waals surface area contributed by atoms with E-state index in [0.717, 1.165) is 0 Å². The van der Waals surface area contributed by atoms with E-state index in [4.69, 9.17) is 4.74 Å². The first-order chi connectivity index (χ1) is 13.9. The number of thioether (sulfide) groups is 1. The van der Waals surface area contributed by atoms with Crippen molar-refractivity contribution in [2.24, 2.45) is 0 Å². The second-order valence-corrected chi connectivity index (χ2v) is 6.92. The fraction of sp³-hybridized carbons (Fsp3) is 0.0476. The molecular formula is C21H14FNO5S. The zero-order valence-corrected chi connectivity index (χ0v) is 15.7. The summed E-state index contributed by atoms with van der Waals surface area (Å²) in [6.07, 6.45) is 0. The van der Waals surface area contributed by atoms with Crippen molar-refractivity contribution < 1.29 is 23.6 Å². The Bertz CT molecular complexity index is 1030. The highest BCUT2D eigenvalue weighted by Gasteiger charge is 2.11. The van der Waals surface area contributed by atoms with Gasteiger partial charge in [0.15, 0.2) is 5.78 Å². The molecule has 6 nitrogen and oxygen atoms in total. The standard InChI is InChI=1S/C21H14FNO5S/c22-16-5-1-14(2-6-16)21(25)15-3-9-18(10-4-15)28-20(24)13-29-19-11-7-17(8-12-19)23(26)27/h1-12H,13H2. The van der Waals surface area contributed by atoms with Crippen molar-refractivity contribution in [3.63, 3.8) is 0 Å². The zero-order valence-electron chi connectivity index (χ0n) is 14.9. The van der Waals surface area contributed by atoms with Crippen molar-refractivity contribution in [3.8, 4) is 5.75 Å². The maximum Gasteiger partial charge on any atom is 0.321 e. The van der Waals surface area contributed by atoms with E-state index in [-0.39, 0.29) is 23.0 Å². The van der Waals surface area contributed by atoms with Crippen molar-refractivity contribution in [2.75, 3.05) is 5.75 Å². The lowest BCUT2D eigenvalue weighted by Gasteiger charge is -2.06. The fourth-order valence-corrected chi connectivity index (χ4v) is 3.08. The van der Waals surface area contributed by atoms with E-state index >= 15 is 0 Å². The van der Waals surface area contributed by atoms with Crippen LogP contribution >= 0.6 is 11.8 Å². The van der Waals surface area contributed by atoms with Gasteiger partial charge in [-0.1, -0.05) is 0 Å². The predicted molar refractivity (Wildman–Crippen MR) is 106 cm³/mol. The first-order valence-corrected chi connectivity index (χ1v) is 9.39. The summed E-state index contributed by atoms with van der Waals surface area (Å²) in [6.45, 7) is 0. The monoisotopic (exact) mass is 411 g/mol. The molecule has 29 heavy (non-hydrogen) atoms. The average Bonchev–Trinajstić information content (AvgIpc) is 2.73. The largest absolute Gasteiger partial charge is 0.426 e. The number of carbonyl (C=O) groups is 2. The van der Waals surface area contributed by atoms with Crippen LogP contribution < -0.4 is 4.74 Å². The summed E-state index contributed by atoms with van der Waals surface area (Å²) in [5.74, 6) is -0.874. The topological polar surface area (TPSA) is 86.5 Å². The summed E-state index contributed by atoms with van der Waals surface area (Å²) in [7, 11) is 0. The lowest BCUT2D eigenvalue weighted by molar-refractivity contribution is -0.384. The smallest absolute Gasteiger partial charge is 0.321 e. The Morgan fingerprint density at radius 3 is 2.00 bits per heavy atom. The van der Waals surface area contributed by atoms with Gasteiger partial charge in [-0.3, -0.25) is 19.7 Å². The van der Waals surface area contributed by atoms with E-state index in [9.17, 15) is 24.1 Å². The molecule has 0 amide bonds. The highest BCUT2D eigenvalue weighted by atomic mass is 32.2.